The second-order valence-corrected chi connectivity index (χ2v) is 4.08. The number of carbonyl (C=O) groups excluding carboxylic acids is 1. The summed E-state index contributed by atoms with van der Waals surface area (Å²) in [6.07, 6.45) is 2.33. The molecule has 1 aliphatic rings. The van der Waals surface area contributed by atoms with Gasteiger partial charge < -0.3 is 4.74 Å². The Labute approximate surface area is 96.0 Å². The third-order valence-electron chi connectivity index (χ3n) is 3.05. The van der Waals surface area contributed by atoms with Gasteiger partial charge in [-0.15, -0.1) is 0 Å². The van der Waals surface area contributed by atoms with E-state index in [0.29, 0.717) is 0 Å². The van der Waals surface area contributed by atoms with Crippen LogP contribution in [0.5, 0.6) is 0 Å². The van der Waals surface area contributed by atoms with E-state index in [-0.39, 0.29) is 12.0 Å². The minimum Gasteiger partial charge on any atom is -0.468 e. The van der Waals surface area contributed by atoms with Crippen LogP contribution in [0.2, 0.25) is 0 Å². The van der Waals surface area contributed by atoms with Gasteiger partial charge in [0.1, 0.15) is 6.04 Å². The second-order valence-electron chi connectivity index (χ2n) is 4.08. The molecule has 0 radical (unpaired) electrons. The Bertz CT molecular complexity index is 344. The van der Waals surface area contributed by atoms with Crippen LogP contribution in [0.15, 0.2) is 30.3 Å². The molecule has 0 saturated carbocycles. The van der Waals surface area contributed by atoms with Gasteiger partial charge in [-0.1, -0.05) is 30.3 Å². The summed E-state index contributed by atoms with van der Waals surface area (Å²) in [6.45, 7) is 1.96. The maximum absolute atomic E-state index is 11.8. The van der Waals surface area contributed by atoms with Crippen LogP contribution < -0.4 is 0 Å². The molecule has 16 heavy (non-hydrogen) atoms. The van der Waals surface area contributed by atoms with E-state index >= 15 is 0 Å². The van der Waals surface area contributed by atoms with Gasteiger partial charge in [-0.2, -0.15) is 0 Å². The molecule has 3 nitrogen and oxygen atoms in total. The molecule has 1 aliphatic heterocycles. The minimum absolute atomic E-state index is 0.159. The Kier molecular flexibility index (Phi) is 3.57. The van der Waals surface area contributed by atoms with Gasteiger partial charge in [0.15, 0.2) is 0 Å². The first-order valence-corrected chi connectivity index (χ1v) is 5.70. The topological polar surface area (TPSA) is 29.5 Å². The molecule has 3 heteroatoms. The second kappa shape index (κ2) is 5.12. The van der Waals surface area contributed by atoms with Crippen LogP contribution in [0.25, 0.3) is 0 Å². The van der Waals surface area contributed by atoms with E-state index in [0.717, 1.165) is 18.7 Å². The number of rotatable bonds is 3. The van der Waals surface area contributed by atoms with E-state index in [4.69, 9.17) is 4.74 Å². The first-order valence-electron chi connectivity index (χ1n) is 5.70. The zero-order chi connectivity index (χ0) is 11.4. The fourth-order valence-electron chi connectivity index (χ4n) is 2.24. The third-order valence-corrected chi connectivity index (χ3v) is 3.05. The molecule has 0 aromatic heterocycles. The number of methoxy groups -OCH3 is 1. The molecule has 1 aromatic carbocycles. The van der Waals surface area contributed by atoms with Crippen molar-refractivity contribution in [2.75, 3.05) is 20.2 Å². The summed E-state index contributed by atoms with van der Waals surface area (Å²) in [7, 11) is 1.45. The van der Waals surface area contributed by atoms with Crippen molar-refractivity contribution >= 4 is 5.97 Å². The highest BCUT2D eigenvalue weighted by Crippen LogP contribution is 2.25. The van der Waals surface area contributed by atoms with Gasteiger partial charge in [0.25, 0.3) is 0 Å². The van der Waals surface area contributed by atoms with Crippen LogP contribution in [0.1, 0.15) is 24.4 Å². The lowest BCUT2D eigenvalue weighted by atomic mass is 10.1. The molecule has 86 valence electrons. The fraction of sp³-hybridized carbons (Fsp3) is 0.462. The van der Waals surface area contributed by atoms with Gasteiger partial charge >= 0.3 is 5.97 Å². The molecular weight excluding hydrogens is 202 g/mol. The Morgan fingerprint density at radius 1 is 1.25 bits per heavy atom. The van der Waals surface area contributed by atoms with Crippen LogP contribution in [-0.4, -0.2) is 31.1 Å². The highest BCUT2D eigenvalue weighted by Gasteiger charge is 2.30. The molecule has 0 spiro atoms. The lowest BCUT2D eigenvalue weighted by Gasteiger charge is -2.25. The molecule has 1 saturated heterocycles. The Hall–Kier alpha value is -1.35. The highest BCUT2D eigenvalue weighted by molar-refractivity contribution is 5.77. The Balaban J connectivity index is 2.24. The van der Waals surface area contributed by atoms with Crippen molar-refractivity contribution < 1.29 is 9.53 Å². The summed E-state index contributed by atoms with van der Waals surface area (Å²) in [5.74, 6) is -0.159. The van der Waals surface area contributed by atoms with Crippen LogP contribution in [0, 0.1) is 0 Å². The van der Waals surface area contributed by atoms with Gasteiger partial charge in [0.05, 0.1) is 7.11 Å². The number of carbonyl (C=O) groups is 1. The molecule has 0 aliphatic carbocycles. The summed E-state index contributed by atoms with van der Waals surface area (Å²) in [5.41, 5.74) is 1.02. The van der Waals surface area contributed by atoms with Crippen LogP contribution >= 0.6 is 0 Å². The maximum Gasteiger partial charge on any atom is 0.327 e. The highest BCUT2D eigenvalue weighted by atomic mass is 16.5. The third kappa shape index (κ3) is 2.25. The van der Waals surface area contributed by atoms with Crippen LogP contribution in [0.3, 0.4) is 0 Å². The summed E-state index contributed by atoms with van der Waals surface area (Å²) < 4.78 is 4.90. The summed E-state index contributed by atoms with van der Waals surface area (Å²) >= 11 is 0. The molecule has 0 N–H and O–H groups in total. The predicted molar refractivity (Wildman–Crippen MR) is 62.0 cm³/mol. The minimum atomic E-state index is -0.228. The van der Waals surface area contributed by atoms with E-state index < -0.39 is 0 Å². The van der Waals surface area contributed by atoms with Crippen LogP contribution in [0.4, 0.5) is 0 Å². The Morgan fingerprint density at radius 2 is 1.88 bits per heavy atom. The molecule has 1 heterocycles. The largest absolute Gasteiger partial charge is 0.468 e. The number of esters is 1. The van der Waals surface area contributed by atoms with Gasteiger partial charge in [-0.05, 0) is 31.5 Å². The molecule has 0 bridgehead atoms. The van der Waals surface area contributed by atoms with Crippen molar-refractivity contribution in [1.82, 2.24) is 4.90 Å². The average molecular weight is 219 g/mol. The number of ether oxygens (including phenoxy) is 1. The van der Waals surface area contributed by atoms with Crippen molar-refractivity contribution in [3.8, 4) is 0 Å². The fourth-order valence-corrected chi connectivity index (χ4v) is 2.24. The molecular formula is C13H17NO2. The summed E-state index contributed by atoms with van der Waals surface area (Å²) in [4.78, 5) is 14.0. The zero-order valence-electron chi connectivity index (χ0n) is 9.56. The number of likely N-dealkylation sites (tertiary alicyclic amines) is 1. The molecule has 1 fully saturated rings. The number of benzene rings is 1. The lowest BCUT2D eigenvalue weighted by Crippen LogP contribution is -2.32. The molecule has 1 aromatic rings. The quantitative estimate of drug-likeness (QED) is 0.728. The maximum atomic E-state index is 11.8. The number of hydrogen-bond acceptors (Lipinski definition) is 3. The van der Waals surface area contributed by atoms with Gasteiger partial charge in [-0.25, -0.2) is 4.79 Å². The predicted octanol–water partition coefficient (Wildman–Crippen LogP) is 2.00. The van der Waals surface area contributed by atoms with Crippen molar-refractivity contribution in [1.29, 1.82) is 0 Å². The van der Waals surface area contributed by atoms with Crippen molar-refractivity contribution in [3.63, 3.8) is 0 Å². The molecule has 1 atom stereocenters. The summed E-state index contributed by atoms with van der Waals surface area (Å²) in [6, 6.07) is 9.62. The standard InChI is InChI=1S/C13H17NO2/c1-16-13(15)12(14-9-5-6-10-14)11-7-3-2-4-8-11/h2-4,7-8,12H,5-6,9-10H2,1H3/t12-/m1/s1. The molecule has 0 unspecified atom stereocenters. The Morgan fingerprint density at radius 3 is 2.44 bits per heavy atom. The lowest BCUT2D eigenvalue weighted by molar-refractivity contribution is -0.146. The van der Waals surface area contributed by atoms with E-state index in [1.807, 2.05) is 30.3 Å². The van der Waals surface area contributed by atoms with Crippen molar-refractivity contribution in [3.05, 3.63) is 35.9 Å². The van der Waals surface area contributed by atoms with Gasteiger partial charge in [0.2, 0.25) is 0 Å². The summed E-state index contributed by atoms with van der Waals surface area (Å²) in [5, 5.41) is 0. The first-order chi connectivity index (χ1) is 7.83. The van der Waals surface area contributed by atoms with Crippen molar-refractivity contribution in [2.45, 2.75) is 18.9 Å². The zero-order valence-corrected chi connectivity index (χ0v) is 9.56. The molecule has 2 rings (SSSR count). The SMILES string of the molecule is COC(=O)[C@@H](c1ccccc1)N1CCCC1. The van der Waals surface area contributed by atoms with Crippen LogP contribution in [-0.2, 0) is 9.53 Å². The van der Waals surface area contributed by atoms with E-state index in [9.17, 15) is 4.79 Å². The van der Waals surface area contributed by atoms with E-state index in [2.05, 4.69) is 4.90 Å². The first kappa shape index (κ1) is 11.1. The smallest absolute Gasteiger partial charge is 0.327 e. The van der Waals surface area contributed by atoms with Gasteiger partial charge in [-0.3, -0.25) is 4.90 Å². The molecule has 0 amide bonds. The van der Waals surface area contributed by atoms with E-state index in [1.165, 1.54) is 20.0 Å². The van der Waals surface area contributed by atoms with Gasteiger partial charge in [0, 0.05) is 0 Å². The number of hydrogen-bond donors (Lipinski definition) is 0. The average Bonchev–Trinajstić information content (AvgIpc) is 2.84. The monoisotopic (exact) mass is 219 g/mol. The number of nitrogens with zero attached hydrogens (tertiary/aromatic N) is 1. The van der Waals surface area contributed by atoms with E-state index in [1.54, 1.807) is 0 Å². The van der Waals surface area contributed by atoms with Crippen molar-refractivity contribution in [2.24, 2.45) is 0 Å². The normalized spacial score (nSPS) is 18.3.